The predicted molar refractivity (Wildman–Crippen MR) is 68.0 cm³/mol. The van der Waals surface area contributed by atoms with E-state index in [0.717, 1.165) is 0 Å². The van der Waals surface area contributed by atoms with Gasteiger partial charge >= 0.3 is 0 Å². The van der Waals surface area contributed by atoms with Gasteiger partial charge in [-0.05, 0) is 47.4 Å². The van der Waals surface area contributed by atoms with Crippen LogP contribution in [0.25, 0.3) is 0 Å². The number of aryl methyl sites for hydroxylation is 1. The first-order valence-corrected chi connectivity index (χ1v) is 6.64. The molecule has 1 aromatic heterocycles. The molecule has 80 valence electrons. The molecule has 0 amide bonds. The molecule has 14 heavy (non-hydrogen) atoms. The number of rotatable bonds is 4. The largest absolute Gasteiger partial charge is 0.313 e. The third-order valence-electron chi connectivity index (χ3n) is 2.79. The van der Waals surface area contributed by atoms with Crippen LogP contribution in [0.3, 0.4) is 0 Å². The molecule has 1 nitrogen and oxygen atoms in total. The molecule has 1 N–H and O–H groups in total. The first-order chi connectivity index (χ1) is 6.60. The van der Waals surface area contributed by atoms with Gasteiger partial charge < -0.3 is 5.32 Å². The van der Waals surface area contributed by atoms with Crippen LogP contribution in [0.2, 0.25) is 0 Å². The van der Waals surface area contributed by atoms with Crippen LogP contribution in [-0.2, 0) is 0 Å². The van der Waals surface area contributed by atoms with Gasteiger partial charge in [0.1, 0.15) is 0 Å². The molecule has 2 unspecified atom stereocenters. The van der Waals surface area contributed by atoms with E-state index < -0.39 is 0 Å². The summed E-state index contributed by atoms with van der Waals surface area (Å²) >= 11 is 5.36. The topological polar surface area (TPSA) is 12.0 Å². The van der Waals surface area contributed by atoms with Crippen molar-refractivity contribution in [2.45, 2.75) is 33.2 Å². The SMILES string of the molecule is CCC(C)C(NC)c1cc(Br)sc1C. The van der Waals surface area contributed by atoms with E-state index in [2.05, 4.69) is 48.1 Å². The minimum Gasteiger partial charge on any atom is -0.313 e. The van der Waals surface area contributed by atoms with Gasteiger partial charge in [-0.15, -0.1) is 11.3 Å². The highest BCUT2D eigenvalue weighted by Gasteiger charge is 2.19. The molecule has 0 aromatic carbocycles. The Morgan fingerprint density at radius 3 is 2.57 bits per heavy atom. The highest BCUT2D eigenvalue weighted by Crippen LogP contribution is 2.34. The molecule has 1 aromatic rings. The van der Waals surface area contributed by atoms with Gasteiger partial charge in [-0.1, -0.05) is 20.3 Å². The Balaban J connectivity index is 2.94. The van der Waals surface area contributed by atoms with Crippen LogP contribution in [0, 0.1) is 12.8 Å². The van der Waals surface area contributed by atoms with E-state index in [1.54, 1.807) is 0 Å². The molecular weight excluding hydrogens is 258 g/mol. The van der Waals surface area contributed by atoms with Crippen LogP contribution < -0.4 is 5.32 Å². The van der Waals surface area contributed by atoms with Crippen molar-refractivity contribution in [1.29, 1.82) is 0 Å². The van der Waals surface area contributed by atoms with Crippen molar-refractivity contribution >= 4 is 27.3 Å². The maximum Gasteiger partial charge on any atom is 0.0704 e. The van der Waals surface area contributed by atoms with E-state index in [-0.39, 0.29) is 0 Å². The molecule has 0 spiro atoms. The molecule has 0 radical (unpaired) electrons. The van der Waals surface area contributed by atoms with Crippen LogP contribution in [-0.4, -0.2) is 7.05 Å². The summed E-state index contributed by atoms with van der Waals surface area (Å²) in [7, 11) is 2.04. The van der Waals surface area contributed by atoms with Crippen LogP contribution in [0.15, 0.2) is 9.85 Å². The predicted octanol–water partition coefficient (Wildman–Crippen LogP) is 4.13. The zero-order chi connectivity index (χ0) is 10.7. The van der Waals surface area contributed by atoms with Gasteiger partial charge in [0.15, 0.2) is 0 Å². The lowest BCUT2D eigenvalue weighted by atomic mass is 9.93. The monoisotopic (exact) mass is 275 g/mol. The average molecular weight is 276 g/mol. The summed E-state index contributed by atoms with van der Waals surface area (Å²) in [4.78, 5) is 1.41. The van der Waals surface area contributed by atoms with E-state index in [4.69, 9.17) is 0 Å². The molecule has 0 fully saturated rings. The number of hydrogen-bond donors (Lipinski definition) is 1. The lowest BCUT2D eigenvalue weighted by Gasteiger charge is -2.22. The maximum absolute atomic E-state index is 3.54. The molecule has 0 aliphatic carbocycles. The molecule has 0 bridgehead atoms. The Kier molecular flexibility index (Phi) is 4.61. The van der Waals surface area contributed by atoms with Crippen LogP contribution >= 0.6 is 27.3 Å². The fourth-order valence-corrected chi connectivity index (χ4v) is 3.51. The minimum atomic E-state index is 0.488. The summed E-state index contributed by atoms with van der Waals surface area (Å²) in [6.45, 7) is 6.73. The zero-order valence-electron chi connectivity index (χ0n) is 9.23. The van der Waals surface area contributed by atoms with E-state index in [1.165, 1.54) is 20.6 Å². The average Bonchev–Trinajstić information content (AvgIpc) is 2.47. The Morgan fingerprint density at radius 1 is 1.57 bits per heavy atom. The summed E-state index contributed by atoms with van der Waals surface area (Å²) in [5.74, 6) is 0.681. The fourth-order valence-electron chi connectivity index (χ4n) is 1.75. The van der Waals surface area contributed by atoms with Gasteiger partial charge in [0, 0.05) is 10.9 Å². The second kappa shape index (κ2) is 5.29. The molecule has 0 aliphatic heterocycles. The maximum atomic E-state index is 3.54. The highest BCUT2D eigenvalue weighted by molar-refractivity contribution is 9.11. The summed E-state index contributed by atoms with van der Waals surface area (Å²) in [6.07, 6.45) is 1.21. The van der Waals surface area contributed by atoms with E-state index in [9.17, 15) is 0 Å². The van der Waals surface area contributed by atoms with Gasteiger partial charge in [-0.25, -0.2) is 0 Å². The lowest BCUT2D eigenvalue weighted by molar-refractivity contribution is 0.400. The van der Waals surface area contributed by atoms with Crippen LogP contribution in [0.5, 0.6) is 0 Å². The van der Waals surface area contributed by atoms with Gasteiger partial charge in [-0.2, -0.15) is 0 Å². The normalized spacial score (nSPS) is 15.5. The molecule has 2 atom stereocenters. The smallest absolute Gasteiger partial charge is 0.0704 e. The standard InChI is InChI=1S/C11H18BrNS/c1-5-7(2)11(13-4)9-6-10(12)14-8(9)3/h6-7,11,13H,5H2,1-4H3. The number of hydrogen-bond acceptors (Lipinski definition) is 2. The van der Waals surface area contributed by atoms with Gasteiger partial charge in [-0.3, -0.25) is 0 Å². The van der Waals surface area contributed by atoms with Crippen molar-refractivity contribution in [3.05, 3.63) is 20.3 Å². The summed E-state index contributed by atoms with van der Waals surface area (Å²) in [5, 5.41) is 3.41. The highest BCUT2D eigenvalue weighted by atomic mass is 79.9. The first-order valence-electron chi connectivity index (χ1n) is 5.03. The number of halogens is 1. The van der Waals surface area contributed by atoms with E-state index in [0.29, 0.717) is 12.0 Å². The Bertz CT molecular complexity index is 295. The molecule has 1 heterocycles. The molecule has 0 aliphatic rings. The molecular formula is C11H18BrNS. The van der Waals surface area contributed by atoms with Gasteiger partial charge in [0.05, 0.1) is 3.79 Å². The van der Waals surface area contributed by atoms with Gasteiger partial charge in [0.25, 0.3) is 0 Å². The van der Waals surface area contributed by atoms with Crippen molar-refractivity contribution in [2.24, 2.45) is 5.92 Å². The van der Waals surface area contributed by atoms with Crippen molar-refractivity contribution in [3.8, 4) is 0 Å². The van der Waals surface area contributed by atoms with Crippen molar-refractivity contribution in [2.75, 3.05) is 7.05 Å². The minimum absolute atomic E-state index is 0.488. The number of nitrogens with one attached hydrogen (secondary N) is 1. The lowest BCUT2D eigenvalue weighted by Crippen LogP contribution is -2.23. The van der Waals surface area contributed by atoms with Crippen molar-refractivity contribution in [3.63, 3.8) is 0 Å². The molecule has 0 saturated heterocycles. The fraction of sp³-hybridized carbons (Fsp3) is 0.636. The van der Waals surface area contributed by atoms with E-state index >= 15 is 0 Å². The Labute approximate surface area is 99.0 Å². The Morgan fingerprint density at radius 2 is 2.21 bits per heavy atom. The van der Waals surface area contributed by atoms with Crippen LogP contribution in [0.1, 0.15) is 36.8 Å². The van der Waals surface area contributed by atoms with E-state index in [1.807, 2.05) is 18.4 Å². The van der Waals surface area contributed by atoms with Crippen molar-refractivity contribution < 1.29 is 0 Å². The zero-order valence-corrected chi connectivity index (χ0v) is 11.6. The molecule has 3 heteroatoms. The van der Waals surface area contributed by atoms with Gasteiger partial charge in [0.2, 0.25) is 0 Å². The van der Waals surface area contributed by atoms with Crippen molar-refractivity contribution in [1.82, 2.24) is 5.32 Å². The summed E-state index contributed by atoms with van der Waals surface area (Å²) in [5.41, 5.74) is 1.44. The third-order valence-corrected chi connectivity index (χ3v) is 4.35. The molecule has 1 rings (SSSR count). The summed E-state index contributed by atoms with van der Waals surface area (Å²) in [6, 6.07) is 2.73. The number of thiophene rings is 1. The quantitative estimate of drug-likeness (QED) is 0.872. The summed E-state index contributed by atoms with van der Waals surface area (Å²) < 4.78 is 1.23. The molecule has 0 saturated carbocycles. The third kappa shape index (κ3) is 2.59. The Hall–Kier alpha value is 0.140. The van der Waals surface area contributed by atoms with Crippen LogP contribution in [0.4, 0.5) is 0 Å². The second-order valence-corrected chi connectivity index (χ2v) is 6.35. The second-order valence-electron chi connectivity index (χ2n) is 3.71. The first kappa shape index (κ1) is 12.2.